The first kappa shape index (κ1) is 18.0. The lowest BCUT2D eigenvalue weighted by Crippen LogP contribution is -2.27. The fourth-order valence-electron chi connectivity index (χ4n) is 3.24. The van der Waals surface area contributed by atoms with Gasteiger partial charge in [0.15, 0.2) is 5.76 Å². The average molecular weight is 370 g/mol. The van der Waals surface area contributed by atoms with Gasteiger partial charge in [-0.15, -0.1) is 0 Å². The van der Waals surface area contributed by atoms with Crippen molar-refractivity contribution in [3.8, 4) is 11.3 Å². The van der Waals surface area contributed by atoms with Crippen molar-refractivity contribution in [3.05, 3.63) is 89.5 Å². The van der Waals surface area contributed by atoms with Crippen LogP contribution in [0, 0.1) is 6.92 Å². The Morgan fingerprint density at radius 2 is 1.79 bits per heavy atom. The van der Waals surface area contributed by atoms with Crippen LogP contribution in [0.1, 0.15) is 34.3 Å². The van der Waals surface area contributed by atoms with Crippen molar-refractivity contribution in [3.63, 3.8) is 0 Å². The predicted molar refractivity (Wildman–Crippen MR) is 111 cm³/mol. The zero-order valence-corrected chi connectivity index (χ0v) is 16.0. The Kier molecular flexibility index (Phi) is 4.94. The minimum Gasteiger partial charge on any atom is -0.355 e. The average Bonchev–Trinajstić information content (AvgIpc) is 3.16. The summed E-state index contributed by atoms with van der Waals surface area (Å²) in [6.07, 6.45) is 0. The highest BCUT2D eigenvalue weighted by atomic mass is 16.5. The smallest absolute Gasteiger partial charge is 0.251 e. The van der Waals surface area contributed by atoms with Crippen LogP contribution in [0.25, 0.3) is 22.2 Å². The molecule has 3 aromatic carbocycles. The third-order valence-electron chi connectivity index (χ3n) is 4.99. The molecule has 0 saturated heterocycles. The summed E-state index contributed by atoms with van der Waals surface area (Å²) in [5, 5.41) is 8.00. The van der Waals surface area contributed by atoms with Gasteiger partial charge in [-0.1, -0.05) is 72.2 Å². The molecule has 0 aliphatic heterocycles. The van der Waals surface area contributed by atoms with Gasteiger partial charge in [0.2, 0.25) is 0 Å². The lowest BCUT2D eigenvalue weighted by Gasteiger charge is -2.13. The fraction of sp³-hybridized carbons (Fsp3) is 0.167. The molecule has 1 amide bonds. The molecule has 4 heteroatoms. The lowest BCUT2D eigenvalue weighted by molar-refractivity contribution is 0.0952. The monoisotopic (exact) mass is 370 g/mol. The molecule has 0 spiro atoms. The molecule has 1 N–H and O–H groups in total. The maximum Gasteiger partial charge on any atom is 0.251 e. The molecule has 0 radical (unpaired) electrons. The van der Waals surface area contributed by atoms with Crippen molar-refractivity contribution in [1.82, 2.24) is 10.5 Å². The number of carbonyl (C=O) groups excluding carboxylic acids is 1. The molecule has 0 saturated carbocycles. The van der Waals surface area contributed by atoms with Crippen LogP contribution in [0.5, 0.6) is 0 Å². The Morgan fingerprint density at radius 3 is 2.54 bits per heavy atom. The van der Waals surface area contributed by atoms with Gasteiger partial charge in [-0.25, -0.2) is 0 Å². The molecule has 4 nitrogen and oxygen atoms in total. The molecule has 140 valence electrons. The Hall–Kier alpha value is -3.40. The highest BCUT2D eigenvalue weighted by Gasteiger charge is 2.15. The molecule has 4 aromatic rings. The fourth-order valence-corrected chi connectivity index (χ4v) is 3.24. The third-order valence-corrected chi connectivity index (χ3v) is 4.99. The van der Waals surface area contributed by atoms with Crippen molar-refractivity contribution in [2.75, 3.05) is 6.54 Å². The summed E-state index contributed by atoms with van der Waals surface area (Å²) in [5.41, 5.74) is 4.68. The summed E-state index contributed by atoms with van der Waals surface area (Å²) in [6.45, 7) is 4.73. The number of aryl methyl sites for hydroxylation is 1. The van der Waals surface area contributed by atoms with Crippen LogP contribution in [0.4, 0.5) is 0 Å². The van der Waals surface area contributed by atoms with Crippen LogP contribution >= 0.6 is 0 Å². The van der Waals surface area contributed by atoms with E-state index in [-0.39, 0.29) is 11.8 Å². The van der Waals surface area contributed by atoms with E-state index in [9.17, 15) is 4.79 Å². The molecule has 0 aliphatic carbocycles. The van der Waals surface area contributed by atoms with E-state index >= 15 is 0 Å². The Labute approximate surface area is 164 Å². The number of carbonyl (C=O) groups is 1. The molecule has 0 bridgehead atoms. The Morgan fingerprint density at radius 1 is 1.04 bits per heavy atom. The Bertz CT molecular complexity index is 1100. The van der Waals surface area contributed by atoms with Crippen LogP contribution in [0.15, 0.2) is 77.3 Å². The van der Waals surface area contributed by atoms with Crippen LogP contribution in [-0.4, -0.2) is 17.6 Å². The van der Waals surface area contributed by atoms with Crippen molar-refractivity contribution < 1.29 is 9.32 Å². The number of benzene rings is 3. The van der Waals surface area contributed by atoms with Crippen LogP contribution in [0.2, 0.25) is 0 Å². The highest BCUT2D eigenvalue weighted by Crippen LogP contribution is 2.29. The van der Waals surface area contributed by atoms with Crippen molar-refractivity contribution in [2.24, 2.45) is 0 Å². The van der Waals surface area contributed by atoms with E-state index in [0.717, 1.165) is 16.5 Å². The number of nitrogens with one attached hydrogen (secondary N) is 1. The number of amides is 1. The molecule has 1 atom stereocenters. The number of hydrogen-bond acceptors (Lipinski definition) is 3. The van der Waals surface area contributed by atoms with E-state index in [4.69, 9.17) is 4.52 Å². The summed E-state index contributed by atoms with van der Waals surface area (Å²) in [6, 6.07) is 23.7. The quantitative estimate of drug-likeness (QED) is 0.516. The SMILES string of the molecule is Cc1ccc(-c2onc3ccc(C(=O)NC[C@@H](C)c4ccccc4)cc23)cc1. The summed E-state index contributed by atoms with van der Waals surface area (Å²) < 4.78 is 5.55. The molecule has 1 heterocycles. The van der Waals surface area contributed by atoms with Gasteiger partial charge in [0.25, 0.3) is 5.91 Å². The zero-order valence-electron chi connectivity index (χ0n) is 16.0. The van der Waals surface area contributed by atoms with Gasteiger partial charge in [0, 0.05) is 17.7 Å². The van der Waals surface area contributed by atoms with E-state index in [0.29, 0.717) is 17.9 Å². The number of nitrogens with zero attached hydrogens (tertiary/aromatic N) is 1. The number of aromatic nitrogens is 1. The van der Waals surface area contributed by atoms with Crippen LogP contribution in [-0.2, 0) is 0 Å². The lowest BCUT2D eigenvalue weighted by atomic mass is 10.0. The van der Waals surface area contributed by atoms with Gasteiger partial charge in [-0.2, -0.15) is 0 Å². The molecule has 0 aliphatic rings. The Balaban J connectivity index is 1.54. The van der Waals surface area contributed by atoms with Gasteiger partial charge in [-0.05, 0) is 36.6 Å². The largest absolute Gasteiger partial charge is 0.355 e. The molecular formula is C24H22N2O2. The van der Waals surface area contributed by atoms with Crippen LogP contribution < -0.4 is 5.32 Å². The number of hydrogen-bond donors (Lipinski definition) is 1. The summed E-state index contributed by atoms with van der Waals surface area (Å²) in [4.78, 5) is 12.7. The van der Waals surface area contributed by atoms with E-state index in [1.54, 1.807) is 6.07 Å². The first-order valence-electron chi connectivity index (χ1n) is 9.41. The minimum absolute atomic E-state index is 0.0965. The molecule has 4 rings (SSSR count). The number of rotatable bonds is 5. The maximum absolute atomic E-state index is 12.7. The number of fused-ring (bicyclic) bond motifs is 1. The maximum atomic E-state index is 12.7. The molecule has 0 fully saturated rings. The summed E-state index contributed by atoms with van der Waals surface area (Å²) >= 11 is 0. The minimum atomic E-state index is -0.0965. The van der Waals surface area contributed by atoms with Gasteiger partial charge < -0.3 is 9.84 Å². The molecule has 1 aromatic heterocycles. The van der Waals surface area contributed by atoms with Gasteiger partial charge in [0.05, 0.1) is 5.39 Å². The summed E-state index contributed by atoms with van der Waals surface area (Å²) in [7, 11) is 0. The predicted octanol–water partition coefficient (Wildman–Crippen LogP) is 5.34. The third kappa shape index (κ3) is 3.67. The van der Waals surface area contributed by atoms with Gasteiger partial charge >= 0.3 is 0 Å². The zero-order chi connectivity index (χ0) is 19.5. The second-order valence-electron chi connectivity index (χ2n) is 7.13. The second-order valence-corrected chi connectivity index (χ2v) is 7.13. The van der Waals surface area contributed by atoms with E-state index < -0.39 is 0 Å². The molecular weight excluding hydrogens is 348 g/mol. The van der Waals surface area contributed by atoms with Crippen molar-refractivity contribution in [2.45, 2.75) is 19.8 Å². The van der Waals surface area contributed by atoms with Crippen LogP contribution in [0.3, 0.4) is 0 Å². The van der Waals surface area contributed by atoms with Gasteiger partial charge in [0.1, 0.15) is 5.52 Å². The first-order chi connectivity index (χ1) is 13.6. The normalized spacial score (nSPS) is 12.1. The standard InChI is InChI=1S/C24H22N2O2/c1-16-8-10-19(11-9-16)23-21-14-20(12-13-22(21)26-28-23)24(27)25-15-17(2)18-6-4-3-5-7-18/h3-14,17H,15H2,1-2H3,(H,25,27)/t17-/m1/s1. The van der Waals surface area contributed by atoms with Crippen molar-refractivity contribution in [1.29, 1.82) is 0 Å². The highest BCUT2D eigenvalue weighted by molar-refractivity contribution is 6.01. The van der Waals surface area contributed by atoms with E-state index in [1.807, 2.05) is 61.5 Å². The second kappa shape index (κ2) is 7.69. The van der Waals surface area contributed by atoms with Crippen molar-refractivity contribution >= 4 is 16.8 Å². The molecule has 0 unspecified atom stereocenters. The topological polar surface area (TPSA) is 55.1 Å². The van der Waals surface area contributed by atoms with E-state index in [1.165, 1.54) is 11.1 Å². The van der Waals surface area contributed by atoms with E-state index in [2.05, 4.69) is 29.5 Å². The summed E-state index contributed by atoms with van der Waals surface area (Å²) in [5.74, 6) is 0.829. The molecule has 28 heavy (non-hydrogen) atoms. The first-order valence-corrected chi connectivity index (χ1v) is 9.41. The van der Waals surface area contributed by atoms with Gasteiger partial charge in [-0.3, -0.25) is 4.79 Å².